The van der Waals surface area contributed by atoms with Crippen LogP contribution < -0.4 is 5.32 Å². The fourth-order valence-corrected chi connectivity index (χ4v) is 3.96. The SMILES string of the molecule is O=C(Nc1nnc(-c2cn(-c3ccccc3)nc2-c2ccc(F)cc2)s1)c1ccccc1. The van der Waals surface area contributed by atoms with E-state index in [-0.39, 0.29) is 11.7 Å². The molecule has 0 unspecified atom stereocenters. The van der Waals surface area contributed by atoms with Crippen LogP contribution in [0.3, 0.4) is 0 Å². The minimum absolute atomic E-state index is 0.257. The smallest absolute Gasteiger partial charge is 0.257 e. The topological polar surface area (TPSA) is 72.7 Å². The van der Waals surface area contributed by atoms with E-state index in [2.05, 4.69) is 15.5 Å². The molecule has 2 heterocycles. The number of para-hydroxylation sites is 1. The molecule has 0 bridgehead atoms. The van der Waals surface area contributed by atoms with Crippen molar-refractivity contribution in [3.05, 3.63) is 103 Å². The highest BCUT2D eigenvalue weighted by Crippen LogP contribution is 2.35. The largest absolute Gasteiger partial charge is 0.296 e. The first-order valence-electron chi connectivity index (χ1n) is 9.79. The first kappa shape index (κ1) is 19.8. The molecule has 0 saturated carbocycles. The van der Waals surface area contributed by atoms with E-state index in [0.29, 0.717) is 21.4 Å². The Kier molecular flexibility index (Phi) is 5.27. The van der Waals surface area contributed by atoms with Gasteiger partial charge in [-0.25, -0.2) is 9.07 Å². The first-order valence-corrected chi connectivity index (χ1v) is 10.6. The lowest BCUT2D eigenvalue weighted by Crippen LogP contribution is -2.11. The maximum atomic E-state index is 13.5. The van der Waals surface area contributed by atoms with Crippen molar-refractivity contribution in [2.24, 2.45) is 0 Å². The second-order valence-electron chi connectivity index (χ2n) is 6.91. The van der Waals surface area contributed by atoms with Gasteiger partial charge >= 0.3 is 0 Å². The molecule has 8 heteroatoms. The van der Waals surface area contributed by atoms with Crippen LogP contribution in [0, 0.1) is 5.82 Å². The molecule has 0 atom stereocenters. The minimum Gasteiger partial charge on any atom is -0.296 e. The molecular weight excluding hydrogens is 425 g/mol. The van der Waals surface area contributed by atoms with Gasteiger partial charge in [0.15, 0.2) is 5.01 Å². The lowest BCUT2D eigenvalue weighted by molar-refractivity contribution is 0.102. The molecule has 0 saturated heterocycles. The van der Waals surface area contributed by atoms with Crippen LogP contribution in [0.5, 0.6) is 0 Å². The van der Waals surface area contributed by atoms with Gasteiger partial charge in [0.05, 0.1) is 11.3 Å². The summed E-state index contributed by atoms with van der Waals surface area (Å²) in [5.41, 5.74) is 3.54. The van der Waals surface area contributed by atoms with Crippen LogP contribution in [0.2, 0.25) is 0 Å². The molecule has 5 aromatic rings. The molecule has 5 rings (SSSR count). The van der Waals surface area contributed by atoms with E-state index in [4.69, 9.17) is 5.10 Å². The molecule has 0 aliphatic carbocycles. The minimum atomic E-state index is -0.320. The summed E-state index contributed by atoms with van der Waals surface area (Å²) in [7, 11) is 0. The zero-order valence-corrected chi connectivity index (χ0v) is 17.5. The maximum absolute atomic E-state index is 13.5. The van der Waals surface area contributed by atoms with Crippen LogP contribution in [0.25, 0.3) is 27.5 Å². The number of halogens is 1. The van der Waals surface area contributed by atoms with Crippen molar-refractivity contribution >= 4 is 22.4 Å². The molecule has 0 radical (unpaired) electrons. The second kappa shape index (κ2) is 8.52. The Hall–Kier alpha value is -4.17. The molecule has 1 amide bonds. The Morgan fingerprint density at radius 1 is 0.875 bits per heavy atom. The van der Waals surface area contributed by atoms with Crippen LogP contribution in [0.4, 0.5) is 9.52 Å². The number of hydrogen-bond donors (Lipinski definition) is 1. The Balaban J connectivity index is 1.52. The van der Waals surface area contributed by atoms with E-state index in [0.717, 1.165) is 16.8 Å². The van der Waals surface area contributed by atoms with Crippen LogP contribution in [0.15, 0.2) is 91.1 Å². The molecule has 3 aromatic carbocycles. The van der Waals surface area contributed by atoms with E-state index < -0.39 is 0 Å². The third-order valence-electron chi connectivity index (χ3n) is 4.76. The molecule has 156 valence electrons. The number of benzene rings is 3. The zero-order chi connectivity index (χ0) is 21.9. The molecular formula is C24H16FN5OS. The molecule has 2 aromatic heterocycles. The molecule has 0 fully saturated rings. The summed E-state index contributed by atoms with van der Waals surface area (Å²) in [5, 5.41) is 16.9. The quantitative estimate of drug-likeness (QED) is 0.394. The van der Waals surface area contributed by atoms with Gasteiger partial charge < -0.3 is 0 Å². The normalized spacial score (nSPS) is 10.8. The Morgan fingerprint density at radius 2 is 1.56 bits per heavy atom. The van der Waals surface area contributed by atoms with Crippen molar-refractivity contribution in [1.82, 2.24) is 20.0 Å². The fraction of sp³-hybridized carbons (Fsp3) is 0. The fourth-order valence-electron chi connectivity index (χ4n) is 3.21. The summed E-state index contributed by atoms with van der Waals surface area (Å²) < 4.78 is 15.2. The van der Waals surface area contributed by atoms with Crippen LogP contribution in [-0.4, -0.2) is 25.9 Å². The van der Waals surface area contributed by atoms with Crippen LogP contribution >= 0.6 is 11.3 Å². The lowest BCUT2D eigenvalue weighted by Gasteiger charge is -2.01. The van der Waals surface area contributed by atoms with E-state index in [1.165, 1.54) is 23.5 Å². The van der Waals surface area contributed by atoms with Gasteiger partial charge in [0.1, 0.15) is 11.5 Å². The highest BCUT2D eigenvalue weighted by molar-refractivity contribution is 7.18. The van der Waals surface area contributed by atoms with Crippen molar-refractivity contribution in [2.75, 3.05) is 5.32 Å². The average Bonchev–Trinajstić information content (AvgIpc) is 3.48. The van der Waals surface area contributed by atoms with Crippen molar-refractivity contribution in [3.8, 4) is 27.5 Å². The number of hydrogen-bond acceptors (Lipinski definition) is 5. The Morgan fingerprint density at radius 3 is 2.28 bits per heavy atom. The van der Waals surface area contributed by atoms with Crippen molar-refractivity contribution < 1.29 is 9.18 Å². The van der Waals surface area contributed by atoms with Crippen molar-refractivity contribution in [2.45, 2.75) is 0 Å². The molecule has 0 aliphatic rings. The zero-order valence-electron chi connectivity index (χ0n) is 16.6. The maximum Gasteiger partial charge on any atom is 0.257 e. The summed E-state index contributed by atoms with van der Waals surface area (Å²) in [5.74, 6) is -0.577. The summed E-state index contributed by atoms with van der Waals surface area (Å²) in [6.45, 7) is 0. The molecule has 32 heavy (non-hydrogen) atoms. The summed E-state index contributed by atoms with van der Waals surface area (Å²) in [4.78, 5) is 12.4. The number of anilines is 1. The summed E-state index contributed by atoms with van der Waals surface area (Å²) in [6, 6.07) is 24.7. The third kappa shape index (κ3) is 4.03. The summed E-state index contributed by atoms with van der Waals surface area (Å²) >= 11 is 1.25. The van der Waals surface area contributed by atoms with Gasteiger partial charge in [-0.15, -0.1) is 10.2 Å². The number of aromatic nitrogens is 4. The molecule has 0 aliphatic heterocycles. The predicted molar refractivity (Wildman–Crippen MR) is 122 cm³/mol. The Labute approximate surface area is 187 Å². The van der Waals surface area contributed by atoms with Gasteiger partial charge in [0.2, 0.25) is 5.13 Å². The third-order valence-corrected chi connectivity index (χ3v) is 5.64. The first-order chi connectivity index (χ1) is 15.7. The summed E-state index contributed by atoms with van der Waals surface area (Å²) in [6.07, 6.45) is 1.86. The number of rotatable bonds is 5. The van der Waals surface area contributed by atoms with Gasteiger partial charge in [-0.2, -0.15) is 5.10 Å². The van der Waals surface area contributed by atoms with Gasteiger partial charge in [-0.1, -0.05) is 47.7 Å². The Bertz CT molecular complexity index is 1360. The van der Waals surface area contributed by atoms with Gasteiger partial charge in [0, 0.05) is 17.3 Å². The number of nitrogens with one attached hydrogen (secondary N) is 1. The lowest BCUT2D eigenvalue weighted by atomic mass is 10.1. The monoisotopic (exact) mass is 441 g/mol. The van der Waals surface area contributed by atoms with Crippen molar-refractivity contribution in [3.63, 3.8) is 0 Å². The number of carbonyl (C=O) groups excluding carboxylic acids is 1. The standard InChI is InChI=1S/C24H16FN5OS/c25-18-13-11-16(12-14-18)21-20(15-30(29-21)19-9-5-2-6-10-19)23-27-28-24(32-23)26-22(31)17-7-3-1-4-8-17/h1-15H,(H,26,28,31). The van der Waals surface area contributed by atoms with E-state index in [1.807, 2.05) is 42.6 Å². The van der Waals surface area contributed by atoms with Crippen LogP contribution in [-0.2, 0) is 0 Å². The van der Waals surface area contributed by atoms with Gasteiger partial charge in [-0.05, 0) is 48.5 Å². The van der Waals surface area contributed by atoms with Gasteiger partial charge in [-0.3, -0.25) is 10.1 Å². The van der Waals surface area contributed by atoms with E-state index in [1.54, 1.807) is 41.1 Å². The number of nitrogens with zero attached hydrogens (tertiary/aromatic N) is 4. The number of amides is 1. The number of carbonyl (C=O) groups is 1. The highest BCUT2D eigenvalue weighted by atomic mass is 32.1. The van der Waals surface area contributed by atoms with Crippen LogP contribution in [0.1, 0.15) is 10.4 Å². The predicted octanol–water partition coefficient (Wildman–Crippen LogP) is 5.45. The molecule has 6 nitrogen and oxygen atoms in total. The molecule has 0 spiro atoms. The van der Waals surface area contributed by atoms with E-state index >= 15 is 0 Å². The van der Waals surface area contributed by atoms with Crippen molar-refractivity contribution in [1.29, 1.82) is 0 Å². The molecule has 1 N–H and O–H groups in total. The second-order valence-corrected chi connectivity index (χ2v) is 7.89. The van der Waals surface area contributed by atoms with Gasteiger partial charge in [0.25, 0.3) is 5.91 Å². The highest BCUT2D eigenvalue weighted by Gasteiger charge is 2.19. The average molecular weight is 441 g/mol. The van der Waals surface area contributed by atoms with E-state index in [9.17, 15) is 9.18 Å².